The molecule has 21 heavy (non-hydrogen) atoms. The van der Waals surface area contributed by atoms with Crippen LogP contribution in [0.25, 0.3) is 5.69 Å². The van der Waals surface area contributed by atoms with Crippen molar-refractivity contribution in [3.63, 3.8) is 0 Å². The Morgan fingerprint density at radius 2 is 2.00 bits per heavy atom. The lowest BCUT2D eigenvalue weighted by molar-refractivity contribution is 0.170. The lowest BCUT2D eigenvalue weighted by atomic mass is 9.96. The largest absolute Gasteiger partial charge is 0.385 e. The second-order valence-corrected chi connectivity index (χ2v) is 5.31. The van der Waals surface area contributed by atoms with Gasteiger partial charge in [0.2, 0.25) is 0 Å². The van der Waals surface area contributed by atoms with Gasteiger partial charge < -0.3 is 10.1 Å². The van der Waals surface area contributed by atoms with Crippen LogP contribution in [0.3, 0.4) is 0 Å². The highest BCUT2D eigenvalue weighted by molar-refractivity contribution is 5.30. The number of rotatable bonds is 8. The van der Waals surface area contributed by atoms with Crippen molar-refractivity contribution < 1.29 is 4.74 Å². The van der Waals surface area contributed by atoms with Crippen LogP contribution in [0, 0.1) is 5.92 Å². The first kappa shape index (κ1) is 15.7. The van der Waals surface area contributed by atoms with E-state index in [0.29, 0.717) is 5.92 Å². The van der Waals surface area contributed by atoms with Crippen molar-refractivity contribution in [3.8, 4) is 5.69 Å². The van der Waals surface area contributed by atoms with E-state index < -0.39 is 0 Å². The second kappa shape index (κ2) is 7.96. The van der Waals surface area contributed by atoms with E-state index in [1.54, 1.807) is 7.11 Å². The highest BCUT2D eigenvalue weighted by Crippen LogP contribution is 2.23. The van der Waals surface area contributed by atoms with Gasteiger partial charge in [-0.1, -0.05) is 32.0 Å². The van der Waals surface area contributed by atoms with Crippen LogP contribution in [0.1, 0.15) is 32.0 Å². The molecule has 0 radical (unpaired) electrons. The molecule has 0 bridgehead atoms. The molecule has 2 rings (SSSR count). The van der Waals surface area contributed by atoms with E-state index in [9.17, 15) is 0 Å². The van der Waals surface area contributed by atoms with Gasteiger partial charge in [-0.3, -0.25) is 0 Å². The molecule has 4 heteroatoms. The summed E-state index contributed by atoms with van der Waals surface area (Å²) in [6.45, 7) is 6.08. The van der Waals surface area contributed by atoms with E-state index in [4.69, 9.17) is 9.84 Å². The summed E-state index contributed by atoms with van der Waals surface area (Å²) in [7, 11) is 1.75. The van der Waals surface area contributed by atoms with Crippen molar-refractivity contribution in [1.82, 2.24) is 15.1 Å². The average molecular weight is 287 g/mol. The van der Waals surface area contributed by atoms with E-state index in [1.165, 1.54) is 0 Å². The highest BCUT2D eigenvalue weighted by atomic mass is 16.5. The number of hydrogen-bond acceptors (Lipinski definition) is 3. The molecule has 1 aromatic carbocycles. The lowest BCUT2D eigenvalue weighted by Gasteiger charge is -2.23. The van der Waals surface area contributed by atoms with E-state index in [-0.39, 0.29) is 6.04 Å². The fourth-order valence-electron chi connectivity index (χ4n) is 2.52. The van der Waals surface area contributed by atoms with Gasteiger partial charge >= 0.3 is 0 Å². The third-order valence-corrected chi connectivity index (χ3v) is 3.72. The first-order valence-corrected chi connectivity index (χ1v) is 7.59. The maximum absolute atomic E-state index is 5.20. The van der Waals surface area contributed by atoms with Gasteiger partial charge in [0.25, 0.3) is 0 Å². The van der Waals surface area contributed by atoms with Crippen molar-refractivity contribution in [1.29, 1.82) is 0 Å². The maximum Gasteiger partial charge on any atom is 0.0801 e. The number of ether oxygens (including phenoxy) is 1. The summed E-state index contributed by atoms with van der Waals surface area (Å²) in [5, 5.41) is 8.28. The fourth-order valence-corrected chi connectivity index (χ4v) is 2.52. The molecular weight excluding hydrogens is 262 g/mol. The van der Waals surface area contributed by atoms with Gasteiger partial charge in [0.1, 0.15) is 0 Å². The molecule has 4 nitrogen and oxygen atoms in total. The minimum absolute atomic E-state index is 0.259. The summed E-state index contributed by atoms with van der Waals surface area (Å²) in [4.78, 5) is 0. The summed E-state index contributed by atoms with van der Waals surface area (Å²) < 4.78 is 7.13. The normalized spacial score (nSPS) is 14.0. The van der Waals surface area contributed by atoms with Crippen LogP contribution < -0.4 is 5.32 Å². The van der Waals surface area contributed by atoms with Crippen LogP contribution in [0.2, 0.25) is 0 Å². The standard InChI is InChI=1S/C17H25N3O/c1-4-18-17(14(2)11-13-21-3)16-10-12-20(19-16)15-8-6-5-7-9-15/h5-10,12,14,17-18H,4,11,13H2,1-3H3. The van der Waals surface area contributed by atoms with E-state index in [0.717, 1.165) is 31.0 Å². The van der Waals surface area contributed by atoms with Crippen molar-refractivity contribution in [2.45, 2.75) is 26.3 Å². The van der Waals surface area contributed by atoms with Gasteiger partial charge in [0, 0.05) is 19.9 Å². The Morgan fingerprint density at radius 1 is 1.24 bits per heavy atom. The molecule has 0 spiro atoms. The summed E-state index contributed by atoms with van der Waals surface area (Å²) in [6, 6.07) is 12.6. The Hall–Kier alpha value is -1.65. The van der Waals surface area contributed by atoms with E-state index in [2.05, 4.69) is 37.4 Å². The first-order valence-electron chi connectivity index (χ1n) is 7.59. The predicted octanol–water partition coefficient (Wildman–Crippen LogP) is 3.20. The number of methoxy groups -OCH3 is 1. The summed E-state index contributed by atoms with van der Waals surface area (Å²) >= 11 is 0. The van der Waals surface area contributed by atoms with Crippen LogP contribution in [0.5, 0.6) is 0 Å². The monoisotopic (exact) mass is 287 g/mol. The molecule has 0 aliphatic rings. The Balaban J connectivity index is 2.15. The molecule has 0 aliphatic heterocycles. The lowest BCUT2D eigenvalue weighted by Crippen LogP contribution is -2.28. The summed E-state index contributed by atoms with van der Waals surface area (Å²) in [5.74, 6) is 0.476. The van der Waals surface area contributed by atoms with Crippen LogP contribution in [0.15, 0.2) is 42.6 Å². The van der Waals surface area contributed by atoms with Gasteiger partial charge in [-0.25, -0.2) is 4.68 Å². The Morgan fingerprint density at radius 3 is 2.67 bits per heavy atom. The third kappa shape index (κ3) is 4.16. The number of nitrogens with zero attached hydrogens (tertiary/aromatic N) is 2. The van der Waals surface area contributed by atoms with Crippen LogP contribution >= 0.6 is 0 Å². The molecule has 0 fully saturated rings. The molecule has 1 heterocycles. The molecule has 0 aliphatic carbocycles. The average Bonchev–Trinajstić information content (AvgIpc) is 3.00. The first-order chi connectivity index (χ1) is 10.3. The molecule has 0 amide bonds. The summed E-state index contributed by atoms with van der Waals surface area (Å²) in [5.41, 5.74) is 2.17. The Bertz CT molecular complexity index is 524. The molecular formula is C17H25N3O. The summed E-state index contributed by atoms with van der Waals surface area (Å²) in [6.07, 6.45) is 3.05. The molecule has 1 N–H and O–H groups in total. The van der Waals surface area contributed by atoms with Gasteiger partial charge in [-0.15, -0.1) is 0 Å². The Labute approximate surface area is 127 Å². The van der Waals surface area contributed by atoms with Crippen LogP contribution in [-0.4, -0.2) is 30.0 Å². The quantitative estimate of drug-likeness (QED) is 0.810. The minimum Gasteiger partial charge on any atom is -0.385 e. The van der Waals surface area contributed by atoms with Crippen molar-refractivity contribution >= 4 is 0 Å². The molecule has 0 saturated carbocycles. The zero-order valence-corrected chi connectivity index (χ0v) is 13.1. The number of hydrogen-bond donors (Lipinski definition) is 1. The number of aromatic nitrogens is 2. The third-order valence-electron chi connectivity index (χ3n) is 3.72. The molecule has 2 aromatic rings. The van der Waals surface area contributed by atoms with Gasteiger partial charge in [-0.05, 0) is 37.1 Å². The second-order valence-electron chi connectivity index (χ2n) is 5.31. The van der Waals surface area contributed by atoms with Crippen LogP contribution in [-0.2, 0) is 4.74 Å². The van der Waals surface area contributed by atoms with Gasteiger partial charge in [0.05, 0.1) is 17.4 Å². The van der Waals surface area contributed by atoms with Crippen LogP contribution in [0.4, 0.5) is 0 Å². The zero-order chi connectivity index (χ0) is 15.1. The molecule has 2 atom stereocenters. The van der Waals surface area contributed by atoms with E-state index >= 15 is 0 Å². The number of para-hydroxylation sites is 1. The Kier molecular flexibility index (Phi) is 5.96. The molecule has 114 valence electrons. The topological polar surface area (TPSA) is 39.1 Å². The van der Waals surface area contributed by atoms with E-state index in [1.807, 2.05) is 29.1 Å². The molecule has 1 aromatic heterocycles. The smallest absolute Gasteiger partial charge is 0.0801 e. The molecule has 0 saturated heterocycles. The van der Waals surface area contributed by atoms with Crippen molar-refractivity contribution in [2.75, 3.05) is 20.3 Å². The fraction of sp³-hybridized carbons (Fsp3) is 0.471. The predicted molar refractivity (Wildman–Crippen MR) is 85.6 cm³/mol. The van der Waals surface area contributed by atoms with Crippen molar-refractivity contribution in [3.05, 3.63) is 48.3 Å². The van der Waals surface area contributed by atoms with Gasteiger partial charge in [-0.2, -0.15) is 5.10 Å². The maximum atomic E-state index is 5.20. The van der Waals surface area contributed by atoms with Crippen molar-refractivity contribution in [2.24, 2.45) is 5.92 Å². The number of benzene rings is 1. The SMILES string of the molecule is CCNC(c1ccn(-c2ccccc2)n1)C(C)CCOC. The van der Waals surface area contributed by atoms with Gasteiger partial charge in [0.15, 0.2) is 0 Å². The molecule has 2 unspecified atom stereocenters. The minimum atomic E-state index is 0.259. The highest BCUT2D eigenvalue weighted by Gasteiger charge is 2.20. The number of nitrogens with one attached hydrogen (secondary N) is 1. The zero-order valence-electron chi connectivity index (χ0n) is 13.1.